The van der Waals surface area contributed by atoms with Gasteiger partial charge in [-0.1, -0.05) is 12.1 Å². The van der Waals surface area contributed by atoms with Crippen LogP contribution in [0.5, 0.6) is 5.75 Å². The zero-order valence-electron chi connectivity index (χ0n) is 15.6. The molecule has 1 aromatic carbocycles. The molecule has 7 nitrogen and oxygen atoms in total. The second-order valence-corrected chi connectivity index (χ2v) is 6.65. The summed E-state index contributed by atoms with van der Waals surface area (Å²) in [4.78, 5) is 27.6. The van der Waals surface area contributed by atoms with E-state index in [1.807, 2.05) is 29.2 Å². The number of ether oxygens (including phenoxy) is 1. The van der Waals surface area contributed by atoms with E-state index < -0.39 is 0 Å². The molecule has 0 saturated carbocycles. The number of amides is 1. The molecule has 0 unspecified atom stereocenters. The second-order valence-electron chi connectivity index (χ2n) is 6.65. The highest BCUT2D eigenvalue weighted by Gasteiger charge is 2.33. The number of hydrogen-bond acceptors (Lipinski definition) is 6. The minimum atomic E-state index is -0.150. The number of likely N-dealkylation sites (tertiary alicyclic amines) is 1. The first kappa shape index (κ1) is 17.9. The lowest BCUT2D eigenvalue weighted by atomic mass is 9.99. The van der Waals surface area contributed by atoms with Gasteiger partial charge in [0, 0.05) is 36.3 Å². The number of carbonyl (C=O) groups is 1. The van der Waals surface area contributed by atoms with Gasteiger partial charge in [0.1, 0.15) is 5.75 Å². The summed E-state index contributed by atoms with van der Waals surface area (Å²) in [5.41, 5.74) is 9.12. The third kappa shape index (κ3) is 3.38. The normalized spacial score (nSPS) is 16.2. The average molecular weight is 375 g/mol. The van der Waals surface area contributed by atoms with Gasteiger partial charge in [0.2, 0.25) is 5.95 Å². The maximum absolute atomic E-state index is 13.1. The molecule has 1 aliphatic heterocycles. The lowest BCUT2D eigenvalue weighted by molar-refractivity contribution is 0.0733. The van der Waals surface area contributed by atoms with E-state index in [1.165, 1.54) is 0 Å². The van der Waals surface area contributed by atoms with Gasteiger partial charge in [-0.25, -0.2) is 9.97 Å². The van der Waals surface area contributed by atoms with Gasteiger partial charge in [-0.3, -0.25) is 9.78 Å². The van der Waals surface area contributed by atoms with Crippen LogP contribution in [0.2, 0.25) is 0 Å². The van der Waals surface area contributed by atoms with Crippen LogP contribution in [0.15, 0.2) is 55.0 Å². The molecule has 1 atom stereocenters. The standard InChI is InChI=1S/C21H21N5O2/c1-28-16-6-4-14(5-7-16)17-13-24-21(22)25-19(17)18-3-2-12-26(18)20(27)15-8-10-23-11-9-15/h4-11,13,18H,2-3,12H2,1H3,(H2,22,24,25)/t18-/m0/s1. The van der Waals surface area contributed by atoms with Crippen LogP contribution in [-0.4, -0.2) is 39.4 Å². The van der Waals surface area contributed by atoms with E-state index in [9.17, 15) is 4.79 Å². The monoisotopic (exact) mass is 375 g/mol. The fraction of sp³-hybridized carbons (Fsp3) is 0.238. The molecular weight excluding hydrogens is 354 g/mol. The number of nitrogen functional groups attached to an aromatic ring is 1. The van der Waals surface area contributed by atoms with Crippen molar-refractivity contribution in [1.82, 2.24) is 19.9 Å². The molecule has 1 saturated heterocycles. The van der Waals surface area contributed by atoms with Gasteiger partial charge in [-0.15, -0.1) is 0 Å². The van der Waals surface area contributed by atoms with E-state index in [-0.39, 0.29) is 17.9 Å². The molecule has 0 spiro atoms. The number of rotatable bonds is 4. The highest BCUT2D eigenvalue weighted by atomic mass is 16.5. The maximum Gasteiger partial charge on any atom is 0.254 e. The molecule has 4 rings (SSSR count). The van der Waals surface area contributed by atoms with E-state index in [1.54, 1.807) is 37.8 Å². The van der Waals surface area contributed by atoms with E-state index in [0.717, 1.165) is 35.4 Å². The SMILES string of the molecule is COc1ccc(-c2cnc(N)nc2[C@@H]2CCCN2C(=O)c2ccncc2)cc1. The summed E-state index contributed by atoms with van der Waals surface area (Å²) in [6.45, 7) is 0.678. The summed E-state index contributed by atoms with van der Waals surface area (Å²) >= 11 is 0. The molecule has 7 heteroatoms. The topological polar surface area (TPSA) is 94.2 Å². The van der Waals surface area contributed by atoms with Gasteiger partial charge in [-0.05, 0) is 42.7 Å². The number of nitrogens with two attached hydrogens (primary N) is 1. The first-order valence-electron chi connectivity index (χ1n) is 9.15. The van der Waals surface area contributed by atoms with Crippen LogP contribution in [0.3, 0.4) is 0 Å². The molecule has 1 aliphatic rings. The van der Waals surface area contributed by atoms with Gasteiger partial charge < -0.3 is 15.4 Å². The Morgan fingerprint density at radius 1 is 1.18 bits per heavy atom. The van der Waals surface area contributed by atoms with E-state index in [2.05, 4.69) is 15.0 Å². The van der Waals surface area contributed by atoms with Crippen LogP contribution >= 0.6 is 0 Å². The first-order valence-corrected chi connectivity index (χ1v) is 9.15. The molecule has 2 aromatic heterocycles. The van der Waals surface area contributed by atoms with Crippen molar-refractivity contribution in [3.8, 4) is 16.9 Å². The summed E-state index contributed by atoms with van der Waals surface area (Å²) in [6, 6.07) is 11.0. The molecule has 0 aliphatic carbocycles. The summed E-state index contributed by atoms with van der Waals surface area (Å²) in [5, 5.41) is 0. The van der Waals surface area contributed by atoms with Crippen molar-refractivity contribution in [2.45, 2.75) is 18.9 Å². The third-order valence-corrected chi connectivity index (χ3v) is 4.99. The number of methoxy groups -OCH3 is 1. The smallest absolute Gasteiger partial charge is 0.254 e. The van der Waals surface area contributed by atoms with Crippen molar-refractivity contribution in [3.63, 3.8) is 0 Å². The number of nitrogens with zero attached hydrogens (tertiary/aromatic N) is 4. The van der Waals surface area contributed by atoms with Gasteiger partial charge in [0.15, 0.2) is 0 Å². The van der Waals surface area contributed by atoms with Gasteiger partial charge in [0.05, 0.1) is 18.8 Å². The lowest BCUT2D eigenvalue weighted by Crippen LogP contribution is -2.31. The van der Waals surface area contributed by atoms with Crippen molar-refractivity contribution in [3.05, 3.63) is 66.2 Å². The zero-order chi connectivity index (χ0) is 19.5. The Labute approximate surface area is 163 Å². The lowest BCUT2D eigenvalue weighted by Gasteiger charge is -2.26. The van der Waals surface area contributed by atoms with Crippen molar-refractivity contribution in [2.75, 3.05) is 19.4 Å². The Hall–Kier alpha value is -3.48. The number of aromatic nitrogens is 3. The fourth-order valence-electron chi connectivity index (χ4n) is 3.61. The molecule has 0 radical (unpaired) electrons. The Balaban J connectivity index is 1.73. The Kier molecular flexibility index (Phi) is 4.89. The average Bonchev–Trinajstić information content (AvgIpc) is 3.23. The summed E-state index contributed by atoms with van der Waals surface area (Å²) in [5.74, 6) is 0.954. The summed E-state index contributed by atoms with van der Waals surface area (Å²) in [7, 11) is 1.63. The molecular formula is C21H21N5O2. The third-order valence-electron chi connectivity index (χ3n) is 4.99. The van der Waals surface area contributed by atoms with Crippen LogP contribution in [0.25, 0.3) is 11.1 Å². The molecule has 2 N–H and O–H groups in total. The van der Waals surface area contributed by atoms with Crippen LogP contribution in [0.1, 0.15) is 34.9 Å². The Bertz CT molecular complexity index is 976. The molecule has 0 bridgehead atoms. The predicted octanol–water partition coefficient (Wildman–Crippen LogP) is 3.11. The van der Waals surface area contributed by atoms with Crippen LogP contribution in [0, 0.1) is 0 Å². The van der Waals surface area contributed by atoms with Crippen molar-refractivity contribution in [1.29, 1.82) is 0 Å². The Morgan fingerprint density at radius 2 is 1.93 bits per heavy atom. The molecule has 1 amide bonds. The van der Waals surface area contributed by atoms with Crippen LogP contribution < -0.4 is 10.5 Å². The van der Waals surface area contributed by atoms with E-state index >= 15 is 0 Å². The molecule has 28 heavy (non-hydrogen) atoms. The highest BCUT2D eigenvalue weighted by molar-refractivity contribution is 5.94. The second kappa shape index (κ2) is 7.64. The van der Waals surface area contributed by atoms with E-state index in [4.69, 9.17) is 10.5 Å². The number of benzene rings is 1. The first-order chi connectivity index (χ1) is 13.7. The highest BCUT2D eigenvalue weighted by Crippen LogP contribution is 2.37. The number of anilines is 1. The molecule has 3 heterocycles. The number of carbonyl (C=O) groups excluding carboxylic acids is 1. The predicted molar refractivity (Wildman–Crippen MR) is 106 cm³/mol. The minimum absolute atomic E-state index is 0.0252. The fourth-order valence-corrected chi connectivity index (χ4v) is 3.61. The van der Waals surface area contributed by atoms with Crippen molar-refractivity contribution in [2.24, 2.45) is 0 Å². The molecule has 3 aromatic rings. The van der Waals surface area contributed by atoms with Crippen molar-refractivity contribution >= 4 is 11.9 Å². The number of hydrogen-bond donors (Lipinski definition) is 1. The minimum Gasteiger partial charge on any atom is -0.497 e. The quantitative estimate of drug-likeness (QED) is 0.753. The van der Waals surface area contributed by atoms with Crippen LogP contribution in [0.4, 0.5) is 5.95 Å². The molecule has 1 fully saturated rings. The summed E-state index contributed by atoms with van der Waals surface area (Å²) in [6.07, 6.45) is 6.73. The summed E-state index contributed by atoms with van der Waals surface area (Å²) < 4.78 is 5.24. The van der Waals surface area contributed by atoms with Gasteiger partial charge in [0.25, 0.3) is 5.91 Å². The van der Waals surface area contributed by atoms with Crippen LogP contribution in [-0.2, 0) is 0 Å². The maximum atomic E-state index is 13.1. The molecule has 142 valence electrons. The van der Waals surface area contributed by atoms with Gasteiger partial charge in [-0.2, -0.15) is 0 Å². The van der Waals surface area contributed by atoms with E-state index in [0.29, 0.717) is 12.1 Å². The Morgan fingerprint density at radius 3 is 2.64 bits per heavy atom. The van der Waals surface area contributed by atoms with Gasteiger partial charge >= 0.3 is 0 Å². The number of pyridine rings is 1. The van der Waals surface area contributed by atoms with Crippen molar-refractivity contribution < 1.29 is 9.53 Å². The zero-order valence-corrected chi connectivity index (χ0v) is 15.6. The largest absolute Gasteiger partial charge is 0.497 e.